The summed E-state index contributed by atoms with van der Waals surface area (Å²) >= 11 is 6.00. The van der Waals surface area contributed by atoms with E-state index in [9.17, 15) is 22.8 Å². The van der Waals surface area contributed by atoms with Gasteiger partial charge in [-0.2, -0.15) is 18.4 Å². The van der Waals surface area contributed by atoms with E-state index in [0.717, 1.165) is 23.1 Å². The maximum absolute atomic E-state index is 14.1. The summed E-state index contributed by atoms with van der Waals surface area (Å²) in [5.74, 6) is -0.303. The largest absolute Gasteiger partial charge is 0.416 e. The molecule has 1 atom stereocenters. The van der Waals surface area contributed by atoms with E-state index in [4.69, 9.17) is 11.6 Å². The van der Waals surface area contributed by atoms with Crippen LogP contribution in [0.15, 0.2) is 48.7 Å². The normalized spacial score (nSPS) is 16.0. The molecule has 0 fully saturated rings. The summed E-state index contributed by atoms with van der Waals surface area (Å²) in [5, 5.41) is 9.97. The number of aromatic nitrogens is 3. The number of rotatable bonds is 2. The Labute approximate surface area is 190 Å². The number of hydrogen-bond acceptors (Lipinski definition) is 4. The molecule has 1 aliphatic rings. The van der Waals surface area contributed by atoms with Crippen molar-refractivity contribution in [1.82, 2.24) is 15.0 Å². The minimum absolute atomic E-state index is 0.0112. The maximum Gasteiger partial charge on any atom is 0.416 e. The van der Waals surface area contributed by atoms with Crippen LogP contribution in [0.25, 0.3) is 10.9 Å². The molecule has 0 radical (unpaired) electrons. The van der Waals surface area contributed by atoms with Crippen molar-refractivity contribution < 1.29 is 17.6 Å². The van der Waals surface area contributed by atoms with Crippen molar-refractivity contribution in [2.45, 2.75) is 18.6 Å². The lowest BCUT2D eigenvalue weighted by Crippen LogP contribution is -2.37. The lowest BCUT2D eigenvalue weighted by molar-refractivity contribution is -0.137. The van der Waals surface area contributed by atoms with Gasteiger partial charge >= 0.3 is 6.18 Å². The zero-order valence-corrected chi connectivity index (χ0v) is 17.5. The zero-order chi connectivity index (χ0) is 23.3. The van der Waals surface area contributed by atoms with Gasteiger partial charge in [0.2, 0.25) is 5.95 Å². The van der Waals surface area contributed by atoms with Crippen LogP contribution in [0.1, 0.15) is 34.1 Å². The molecule has 0 aliphatic carbocycles. The summed E-state index contributed by atoms with van der Waals surface area (Å²) in [4.78, 5) is 13.6. The number of nitriles is 1. The molecule has 0 amide bonds. The van der Waals surface area contributed by atoms with Gasteiger partial charge in [0.25, 0.3) is 0 Å². The Morgan fingerprint density at radius 1 is 1.15 bits per heavy atom. The van der Waals surface area contributed by atoms with E-state index >= 15 is 0 Å². The highest BCUT2D eigenvalue weighted by molar-refractivity contribution is 6.31. The molecule has 2 aromatic heterocycles. The molecule has 0 saturated heterocycles. The molecular weight excluding hydrogens is 458 g/mol. The average Bonchev–Trinajstić information content (AvgIpc) is 3.15. The van der Waals surface area contributed by atoms with E-state index < -0.39 is 23.6 Å². The molecule has 10 heteroatoms. The third-order valence-corrected chi connectivity index (χ3v) is 6.03. The van der Waals surface area contributed by atoms with Gasteiger partial charge in [0, 0.05) is 29.3 Å². The Balaban J connectivity index is 1.70. The van der Waals surface area contributed by atoms with Crippen LogP contribution in [0.5, 0.6) is 0 Å². The molecule has 1 aliphatic heterocycles. The second-order valence-corrected chi connectivity index (χ2v) is 8.06. The van der Waals surface area contributed by atoms with Crippen LogP contribution in [0.4, 0.5) is 23.5 Å². The van der Waals surface area contributed by atoms with E-state index in [1.807, 2.05) is 11.0 Å². The Hall–Kier alpha value is -3.64. The fourth-order valence-corrected chi connectivity index (χ4v) is 4.41. The van der Waals surface area contributed by atoms with Gasteiger partial charge in [0.15, 0.2) is 0 Å². The first-order valence-electron chi connectivity index (χ1n) is 9.92. The quantitative estimate of drug-likeness (QED) is 0.375. The number of anilines is 1. The van der Waals surface area contributed by atoms with Crippen LogP contribution in [-0.4, -0.2) is 21.5 Å². The maximum atomic E-state index is 14.1. The van der Waals surface area contributed by atoms with Crippen LogP contribution in [-0.2, 0) is 12.6 Å². The highest BCUT2D eigenvalue weighted by Gasteiger charge is 2.35. The number of hydrogen-bond donors (Lipinski definition) is 1. The van der Waals surface area contributed by atoms with Crippen molar-refractivity contribution in [2.24, 2.45) is 0 Å². The number of alkyl halides is 3. The fraction of sp³-hybridized carbons (Fsp3) is 0.174. The van der Waals surface area contributed by atoms with Crippen molar-refractivity contribution in [3.63, 3.8) is 0 Å². The molecule has 0 bridgehead atoms. The summed E-state index contributed by atoms with van der Waals surface area (Å²) in [6.45, 7) is 0.426. The van der Waals surface area contributed by atoms with Crippen molar-refractivity contribution in [3.8, 4) is 6.07 Å². The van der Waals surface area contributed by atoms with Crippen LogP contribution in [0.3, 0.4) is 0 Å². The molecule has 5 rings (SSSR count). The predicted molar refractivity (Wildman–Crippen MR) is 114 cm³/mol. The van der Waals surface area contributed by atoms with Gasteiger partial charge in [-0.05, 0) is 47.9 Å². The number of H-pyrrole nitrogens is 1. The molecule has 0 saturated carbocycles. The molecular formula is C23H14ClF4N5. The first kappa shape index (κ1) is 21.2. The molecule has 1 unspecified atom stereocenters. The predicted octanol–water partition coefficient (Wildman–Crippen LogP) is 5.79. The smallest absolute Gasteiger partial charge is 0.356 e. The van der Waals surface area contributed by atoms with Gasteiger partial charge < -0.3 is 9.88 Å². The summed E-state index contributed by atoms with van der Waals surface area (Å²) in [6.07, 6.45) is -2.47. The van der Waals surface area contributed by atoms with Gasteiger partial charge in [-0.1, -0.05) is 23.7 Å². The highest BCUT2D eigenvalue weighted by Crippen LogP contribution is 2.41. The molecule has 0 spiro atoms. The van der Waals surface area contributed by atoms with E-state index in [-0.39, 0.29) is 16.7 Å². The summed E-state index contributed by atoms with van der Waals surface area (Å²) in [6, 6.07) is 10.6. The van der Waals surface area contributed by atoms with Crippen molar-refractivity contribution in [1.29, 1.82) is 5.26 Å². The Morgan fingerprint density at radius 3 is 2.61 bits per heavy atom. The minimum atomic E-state index is -4.46. The molecule has 166 valence electrons. The lowest BCUT2D eigenvalue weighted by Gasteiger charge is -2.36. The zero-order valence-electron chi connectivity index (χ0n) is 16.8. The van der Waals surface area contributed by atoms with E-state index in [1.165, 1.54) is 30.5 Å². The van der Waals surface area contributed by atoms with Crippen molar-refractivity contribution in [3.05, 3.63) is 87.6 Å². The molecule has 1 N–H and O–H groups in total. The SMILES string of the molecule is N#Cc1ccnc(N2CCc3c([nH]c4cc(F)c(Cl)cc34)C2c2ccc(C(F)(F)F)cc2)n1. The standard InChI is InChI=1S/C23H14ClF4N5/c24-17-9-16-15-6-8-33(22-30-7-5-14(11-29)31-22)21(20(15)32-19(16)10-18(17)25)12-1-3-13(4-2-12)23(26,27)28/h1-5,7,9-10,21,32H,6,8H2. The molecule has 4 aromatic rings. The number of benzene rings is 2. The van der Waals surface area contributed by atoms with Crippen LogP contribution < -0.4 is 4.90 Å². The van der Waals surface area contributed by atoms with Gasteiger partial charge in [0.1, 0.15) is 17.6 Å². The third kappa shape index (κ3) is 3.66. The lowest BCUT2D eigenvalue weighted by atomic mass is 9.92. The van der Waals surface area contributed by atoms with Crippen molar-refractivity contribution >= 4 is 28.5 Å². The van der Waals surface area contributed by atoms with Crippen LogP contribution in [0.2, 0.25) is 5.02 Å². The Morgan fingerprint density at radius 2 is 1.91 bits per heavy atom. The topological polar surface area (TPSA) is 68.6 Å². The van der Waals surface area contributed by atoms with Crippen LogP contribution in [0, 0.1) is 17.1 Å². The van der Waals surface area contributed by atoms with E-state index in [2.05, 4.69) is 15.0 Å². The summed E-state index contributed by atoms with van der Waals surface area (Å²) in [5.41, 5.74) is 2.08. The highest BCUT2D eigenvalue weighted by atomic mass is 35.5. The van der Waals surface area contributed by atoms with Crippen molar-refractivity contribution in [2.75, 3.05) is 11.4 Å². The number of fused-ring (bicyclic) bond motifs is 3. The monoisotopic (exact) mass is 471 g/mol. The fourth-order valence-electron chi connectivity index (χ4n) is 4.25. The second kappa shape index (κ2) is 7.74. The average molecular weight is 472 g/mol. The summed E-state index contributed by atoms with van der Waals surface area (Å²) in [7, 11) is 0. The Kier molecular flexibility index (Phi) is 4.98. The number of nitrogens with zero attached hydrogens (tertiary/aromatic N) is 4. The molecule has 5 nitrogen and oxygen atoms in total. The third-order valence-electron chi connectivity index (χ3n) is 5.74. The van der Waals surface area contributed by atoms with Gasteiger partial charge in [-0.25, -0.2) is 14.4 Å². The molecule has 3 heterocycles. The Bertz CT molecular complexity index is 1410. The van der Waals surface area contributed by atoms with E-state index in [1.54, 1.807) is 6.07 Å². The second-order valence-electron chi connectivity index (χ2n) is 7.65. The van der Waals surface area contributed by atoms with Gasteiger partial charge in [-0.3, -0.25) is 0 Å². The van der Waals surface area contributed by atoms with Gasteiger partial charge in [-0.15, -0.1) is 0 Å². The number of aromatic amines is 1. The number of halogens is 5. The molecule has 33 heavy (non-hydrogen) atoms. The van der Waals surface area contributed by atoms with Gasteiger partial charge in [0.05, 0.1) is 16.6 Å². The summed E-state index contributed by atoms with van der Waals surface area (Å²) < 4.78 is 53.5. The first-order valence-corrected chi connectivity index (χ1v) is 10.3. The van der Waals surface area contributed by atoms with Crippen LogP contribution >= 0.6 is 11.6 Å². The molecule has 2 aromatic carbocycles. The minimum Gasteiger partial charge on any atom is -0.356 e. The van der Waals surface area contributed by atoms with E-state index in [0.29, 0.717) is 29.7 Å². The number of nitrogens with one attached hydrogen (secondary N) is 1. The first-order chi connectivity index (χ1) is 15.8.